The average Bonchev–Trinajstić information content (AvgIpc) is 2.68. The third-order valence-corrected chi connectivity index (χ3v) is 4.50. The lowest BCUT2D eigenvalue weighted by atomic mass is 9.81. The monoisotopic (exact) mass is 370 g/mol. The molecular weight excluding hydrogens is 348 g/mol. The minimum Gasteiger partial charge on any atom is -0.468 e. The number of ether oxygens (including phenoxy) is 4. The van der Waals surface area contributed by atoms with Gasteiger partial charge in [0.2, 0.25) is 0 Å². The van der Waals surface area contributed by atoms with Gasteiger partial charge in [0.05, 0.1) is 14.2 Å². The Balaban J connectivity index is 0.000000251. The fourth-order valence-corrected chi connectivity index (χ4v) is 2.89. The lowest BCUT2D eigenvalue weighted by molar-refractivity contribution is -0.154. The number of terminal acetylenes is 1. The quantitative estimate of drug-likeness (QED) is 0.544. The maximum atomic E-state index is 11.4. The second kappa shape index (κ2) is 10.3. The SMILES string of the molecule is C#CC1(C(=O)OC)CCOCC1.COC(=O)C1(C#CCl)CCOCC1. The van der Waals surface area contributed by atoms with Gasteiger partial charge in [-0.25, -0.2) is 0 Å². The highest BCUT2D eigenvalue weighted by Crippen LogP contribution is 2.31. The number of esters is 2. The zero-order valence-electron chi connectivity index (χ0n) is 14.6. The first-order valence-corrected chi connectivity index (χ1v) is 8.31. The van der Waals surface area contributed by atoms with E-state index in [1.165, 1.54) is 14.2 Å². The summed E-state index contributed by atoms with van der Waals surface area (Å²) in [5, 5.41) is 2.26. The minimum absolute atomic E-state index is 0.312. The van der Waals surface area contributed by atoms with Crippen molar-refractivity contribution in [2.45, 2.75) is 25.7 Å². The molecule has 0 aromatic carbocycles. The van der Waals surface area contributed by atoms with E-state index >= 15 is 0 Å². The summed E-state index contributed by atoms with van der Waals surface area (Å²) in [4.78, 5) is 22.7. The van der Waals surface area contributed by atoms with E-state index in [-0.39, 0.29) is 11.9 Å². The van der Waals surface area contributed by atoms with Crippen LogP contribution in [0, 0.1) is 34.5 Å². The van der Waals surface area contributed by atoms with Crippen molar-refractivity contribution in [3.8, 4) is 23.6 Å². The summed E-state index contributed by atoms with van der Waals surface area (Å²) in [6.45, 7) is 2.14. The van der Waals surface area contributed by atoms with E-state index < -0.39 is 10.8 Å². The molecule has 0 unspecified atom stereocenters. The number of hydrogen-bond acceptors (Lipinski definition) is 6. The fraction of sp³-hybridized carbons (Fsp3) is 0.667. The summed E-state index contributed by atoms with van der Waals surface area (Å²) in [6.07, 6.45) is 7.55. The molecule has 0 atom stereocenters. The molecule has 2 aliphatic heterocycles. The van der Waals surface area contributed by atoms with Gasteiger partial charge < -0.3 is 18.9 Å². The Labute approximate surface area is 153 Å². The summed E-state index contributed by atoms with van der Waals surface area (Å²) < 4.78 is 19.6. The summed E-state index contributed by atoms with van der Waals surface area (Å²) >= 11 is 5.32. The Morgan fingerprint density at radius 1 is 0.920 bits per heavy atom. The molecule has 0 aromatic heterocycles. The second-order valence-corrected chi connectivity index (χ2v) is 5.92. The van der Waals surface area contributed by atoms with Crippen LogP contribution in [0.3, 0.4) is 0 Å². The van der Waals surface area contributed by atoms with E-state index in [4.69, 9.17) is 27.5 Å². The molecule has 0 radical (unpaired) electrons. The van der Waals surface area contributed by atoms with Gasteiger partial charge in [-0.15, -0.1) is 6.42 Å². The van der Waals surface area contributed by atoms with Gasteiger partial charge in [-0.1, -0.05) is 11.8 Å². The largest absolute Gasteiger partial charge is 0.468 e. The van der Waals surface area contributed by atoms with Crippen LogP contribution >= 0.6 is 11.6 Å². The van der Waals surface area contributed by atoms with Gasteiger partial charge in [0.1, 0.15) is 10.8 Å². The molecule has 7 heteroatoms. The Kier molecular flexibility index (Phi) is 8.78. The van der Waals surface area contributed by atoms with Crippen molar-refractivity contribution >= 4 is 23.5 Å². The highest BCUT2D eigenvalue weighted by molar-refractivity contribution is 6.30. The van der Waals surface area contributed by atoms with Crippen molar-refractivity contribution in [1.29, 1.82) is 0 Å². The van der Waals surface area contributed by atoms with Crippen molar-refractivity contribution in [2.24, 2.45) is 10.8 Å². The van der Waals surface area contributed by atoms with Crippen LogP contribution in [-0.2, 0) is 28.5 Å². The molecule has 0 amide bonds. The maximum absolute atomic E-state index is 11.4. The lowest BCUT2D eigenvalue weighted by Crippen LogP contribution is -2.36. The normalized spacial score (nSPS) is 20.4. The van der Waals surface area contributed by atoms with Crippen LogP contribution in [0.1, 0.15) is 25.7 Å². The van der Waals surface area contributed by atoms with Crippen molar-refractivity contribution in [2.75, 3.05) is 40.6 Å². The average molecular weight is 371 g/mol. The second-order valence-electron chi connectivity index (χ2n) is 5.74. The molecule has 2 aliphatic rings. The molecule has 2 rings (SSSR count). The Morgan fingerprint density at radius 2 is 1.32 bits per heavy atom. The summed E-state index contributed by atoms with van der Waals surface area (Å²) in [5.41, 5.74) is -1.47. The molecular formula is C18H23ClO6. The molecule has 0 aliphatic carbocycles. The zero-order chi connectivity index (χ0) is 18.8. The molecule has 0 saturated carbocycles. The summed E-state index contributed by atoms with van der Waals surface area (Å²) in [6, 6.07) is 0. The number of halogens is 1. The Hall–Kier alpha value is -1.73. The number of methoxy groups -OCH3 is 2. The van der Waals surface area contributed by atoms with Gasteiger partial charge in [-0.3, -0.25) is 9.59 Å². The Morgan fingerprint density at radius 3 is 1.68 bits per heavy atom. The smallest absolute Gasteiger partial charge is 0.324 e. The highest BCUT2D eigenvalue weighted by Gasteiger charge is 2.40. The maximum Gasteiger partial charge on any atom is 0.324 e. The number of hydrogen-bond donors (Lipinski definition) is 0. The number of carbonyl (C=O) groups is 2. The third kappa shape index (κ3) is 5.37. The van der Waals surface area contributed by atoms with E-state index in [1.807, 2.05) is 0 Å². The van der Waals surface area contributed by atoms with Crippen molar-refractivity contribution < 1.29 is 28.5 Å². The fourth-order valence-electron chi connectivity index (χ4n) is 2.71. The molecule has 0 bridgehead atoms. The van der Waals surface area contributed by atoms with E-state index in [2.05, 4.69) is 26.7 Å². The topological polar surface area (TPSA) is 71.1 Å². The highest BCUT2D eigenvalue weighted by atomic mass is 35.5. The van der Waals surface area contributed by atoms with Crippen LogP contribution in [0.25, 0.3) is 0 Å². The van der Waals surface area contributed by atoms with Gasteiger partial charge in [0.15, 0.2) is 0 Å². The first-order chi connectivity index (χ1) is 12.0. The third-order valence-electron chi connectivity index (χ3n) is 4.41. The van der Waals surface area contributed by atoms with Crippen molar-refractivity contribution in [1.82, 2.24) is 0 Å². The predicted molar refractivity (Wildman–Crippen MR) is 91.5 cm³/mol. The molecule has 0 aromatic rings. The van der Waals surface area contributed by atoms with Crippen LogP contribution < -0.4 is 0 Å². The van der Waals surface area contributed by atoms with Crippen LogP contribution in [0.2, 0.25) is 0 Å². The molecule has 25 heavy (non-hydrogen) atoms. The predicted octanol–water partition coefficient (Wildman–Crippen LogP) is 1.75. The first-order valence-electron chi connectivity index (χ1n) is 7.93. The number of carbonyl (C=O) groups excluding carboxylic acids is 2. The molecule has 0 N–H and O–H groups in total. The van der Waals surface area contributed by atoms with Gasteiger partial charge >= 0.3 is 11.9 Å². The van der Waals surface area contributed by atoms with Crippen molar-refractivity contribution in [3.63, 3.8) is 0 Å². The van der Waals surface area contributed by atoms with Gasteiger partial charge in [-0.05, 0) is 37.3 Å². The van der Waals surface area contributed by atoms with Gasteiger partial charge in [0.25, 0.3) is 0 Å². The van der Waals surface area contributed by atoms with Gasteiger partial charge in [-0.2, -0.15) is 0 Å². The van der Waals surface area contributed by atoms with Crippen LogP contribution in [-0.4, -0.2) is 52.6 Å². The molecule has 2 saturated heterocycles. The van der Waals surface area contributed by atoms with Crippen LogP contribution in [0.5, 0.6) is 0 Å². The van der Waals surface area contributed by atoms with E-state index in [1.54, 1.807) is 0 Å². The molecule has 0 spiro atoms. The van der Waals surface area contributed by atoms with E-state index in [9.17, 15) is 9.59 Å². The number of rotatable bonds is 2. The summed E-state index contributed by atoms with van der Waals surface area (Å²) in [7, 11) is 2.71. The zero-order valence-corrected chi connectivity index (χ0v) is 15.3. The molecule has 138 valence electrons. The Bertz CT molecular complexity index is 556. The van der Waals surface area contributed by atoms with Crippen molar-refractivity contribution in [3.05, 3.63) is 0 Å². The molecule has 2 fully saturated rings. The minimum atomic E-state index is -0.741. The van der Waals surface area contributed by atoms with E-state index in [0.29, 0.717) is 52.1 Å². The lowest BCUT2D eigenvalue weighted by Gasteiger charge is -2.29. The van der Waals surface area contributed by atoms with Crippen LogP contribution in [0.15, 0.2) is 0 Å². The first kappa shape index (κ1) is 21.3. The standard InChI is InChI=1S/C9H11ClO3.C9H12O3/c1-12-8(11)9(2-5-10)3-6-13-7-4-9;1-3-9(8(10)11-2)4-6-12-7-5-9/h3-4,6-7H2,1H3;1H,4-7H2,2H3. The molecule has 6 nitrogen and oxygen atoms in total. The van der Waals surface area contributed by atoms with Gasteiger partial charge in [0, 0.05) is 31.8 Å². The van der Waals surface area contributed by atoms with E-state index in [0.717, 1.165) is 0 Å². The van der Waals surface area contributed by atoms with Crippen LogP contribution in [0.4, 0.5) is 0 Å². The molecule has 2 heterocycles. The summed E-state index contributed by atoms with van der Waals surface area (Å²) in [5.74, 6) is 4.60.